The maximum atomic E-state index is 11.9. The summed E-state index contributed by atoms with van der Waals surface area (Å²) in [5.74, 6) is 0.579. The lowest BCUT2D eigenvalue weighted by molar-refractivity contribution is -0.135. The highest BCUT2D eigenvalue weighted by Gasteiger charge is 2.22. The van der Waals surface area contributed by atoms with Crippen LogP contribution in [0.4, 0.5) is 0 Å². The number of likely N-dealkylation sites (tertiary alicyclic amines) is 1. The highest BCUT2D eigenvalue weighted by Crippen LogP contribution is 2.26. The van der Waals surface area contributed by atoms with Gasteiger partial charge in [0.15, 0.2) is 0 Å². The Balaban J connectivity index is 2.06. The summed E-state index contributed by atoms with van der Waals surface area (Å²) < 4.78 is 4.95. The number of hydrogen-bond donors (Lipinski definition) is 0. The lowest BCUT2D eigenvalue weighted by Crippen LogP contribution is -2.36. The molecule has 1 aliphatic heterocycles. The maximum Gasteiger partial charge on any atom is 0.248 e. The van der Waals surface area contributed by atoms with Crippen LogP contribution < -0.4 is 0 Å². The van der Waals surface area contributed by atoms with Crippen LogP contribution in [0, 0.1) is 0 Å². The lowest BCUT2D eigenvalue weighted by atomic mass is 9.94. The molecule has 1 saturated heterocycles. The molecule has 0 saturated carbocycles. The van der Waals surface area contributed by atoms with Crippen molar-refractivity contribution in [1.29, 1.82) is 0 Å². The van der Waals surface area contributed by atoms with Gasteiger partial charge in [0.05, 0.1) is 0 Å². The first-order chi connectivity index (χ1) is 8.81. The molecule has 0 N–H and O–H groups in total. The first-order valence-corrected chi connectivity index (χ1v) is 6.63. The molecule has 2 rings (SSSR count). The van der Waals surface area contributed by atoms with Crippen LogP contribution in [-0.2, 0) is 9.53 Å². The molecule has 3 heteroatoms. The number of carbonyl (C=O) groups is 1. The summed E-state index contributed by atoms with van der Waals surface area (Å²) in [6.45, 7) is 1.89. The van der Waals surface area contributed by atoms with Crippen LogP contribution in [0.15, 0.2) is 30.3 Å². The van der Waals surface area contributed by atoms with E-state index in [1.165, 1.54) is 18.4 Å². The Morgan fingerprint density at radius 2 is 2.11 bits per heavy atom. The number of hydrogen-bond acceptors (Lipinski definition) is 2. The predicted molar refractivity (Wildman–Crippen MR) is 71.5 cm³/mol. The quantitative estimate of drug-likeness (QED) is 0.821. The van der Waals surface area contributed by atoms with Gasteiger partial charge in [-0.15, -0.1) is 0 Å². The van der Waals surface area contributed by atoms with Crippen LogP contribution in [-0.4, -0.2) is 37.6 Å². The van der Waals surface area contributed by atoms with Crippen molar-refractivity contribution >= 4 is 5.91 Å². The van der Waals surface area contributed by atoms with E-state index < -0.39 is 0 Å². The number of nitrogens with zero attached hydrogens (tertiary/aromatic N) is 1. The number of benzene rings is 1. The summed E-state index contributed by atoms with van der Waals surface area (Å²) in [7, 11) is 1.57. The van der Waals surface area contributed by atoms with Crippen LogP contribution in [0.1, 0.15) is 30.7 Å². The van der Waals surface area contributed by atoms with Gasteiger partial charge in [-0.25, -0.2) is 0 Å². The zero-order valence-electron chi connectivity index (χ0n) is 11.0. The van der Waals surface area contributed by atoms with E-state index in [4.69, 9.17) is 4.74 Å². The van der Waals surface area contributed by atoms with E-state index in [2.05, 4.69) is 24.3 Å². The lowest BCUT2D eigenvalue weighted by Gasteiger charge is -2.24. The molecular formula is C15H21NO2. The Morgan fingerprint density at radius 1 is 1.33 bits per heavy atom. The molecule has 0 aliphatic carbocycles. The number of rotatable bonds is 3. The van der Waals surface area contributed by atoms with E-state index in [9.17, 15) is 4.79 Å². The Morgan fingerprint density at radius 3 is 2.83 bits per heavy atom. The third-order valence-electron chi connectivity index (χ3n) is 3.56. The van der Waals surface area contributed by atoms with Crippen LogP contribution in [0.25, 0.3) is 0 Å². The summed E-state index contributed by atoms with van der Waals surface area (Å²) >= 11 is 0. The van der Waals surface area contributed by atoms with E-state index in [1.807, 2.05) is 11.0 Å². The monoisotopic (exact) mass is 247 g/mol. The van der Waals surface area contributed by atoms with E-state index in [1.54, 1.807) is 7.11 Å². The minimum atomic E-state index is 0.111. The summed E-state index contributed by atoms with van der Waals surface area (Å²) in [6, 6.07) is 10.5. The van der Waals surface area contributed by atoms with Crippen LogP contribution >= 0.6 is 0 Å². The second-order valence-electron chi connectivity index (χ2n) is 4.88. The van der Waals surface area contributed by atoms with Crippen molar-refractivity contribution in [3.05, 3.63) is 35.9 Å². The largest absolute Gasteiger partial charge is 0.375 e. The Kier molecular flexibility index (Phi) is 4.76. The predicted octanol–water partition coefficient (Wildman–Crippen LogP) is 2.43. The third kappa shape index (κ3) is 3.33. The van der Waals surface area contributed by atoms with Crippen molar-refractivity contribution in [2.24, 2.45) is 0 Å². The van der Waals surface area contributed by atoms with Gasteiger partial charge >= 0.3 is 0 Å². The van der Waals surface area contributed by atoms with Crippen molar-refractivity contribution in [3.63, 3.8) is 0 Å². The number of amides is 1. The van der Waals surface area contributed by atoms with Crippen molar-refractivity contribution in [1.82, 2.24) is 4.90 Å². The van der Waals surface area contributed by atoms with E-state index in [-0.39, 0.29) is 12.5 Å². The third-order valence-corrected chi connectivity index (χ3v) is 3.56. The van der Waals surface area contributed by atoms with Gasteiger partial charge in [-0.05, 0) is 18.4 Å². The second-order valence-corrected chi connectivity index (χ2v) is 4.88. The first kappa shape index (κ1) is 13.1. The van der Waals surface area contributed by atoms with E-state index >= 15 is 0 Å². The highest BCUT2D eigenvalue weighted by molar-refractivity contribution is 5.77. The summed E-state index contributed by atoms with van der Waals surface area (Å²) in [5.41, 5.74) is 1.34. The van der Waals surface area contributed by atoms with Gasteiger partial charge in [-0.3, -0.25) is 4.79 Å². The first-order valence-electron chi connectivity index (χ1n) is 6.63. The molecule has 1 aromatic carbocycles. The van der Waals surface area contributed by atoms with Gasteiger partial charge in [0.2, 0.25) is 5.91 Å². The van der Waals surface area contributed by atoms with E-state index in [0.29, 0.717) is 5.92 Å². The highest BCUT2D eigenvalue weighted by atomic mass is 16.5. The second kappa shape index (κ2) is 6.55. The van der Waals surface area contributed by atoms with Gasteiger partial charge in [0.1, 0.15) is 6.61 Å². The Labute approximate surface area is 109 Å². The topological polar surface area (TPSA) is 29.5 Å². The fourth-order valence-electron chi connectivity index (χ4n) is 2.58. The molecule has 1 heterocycles. The minimum absolute atomic E-state index is 0.111. The van der Waals surface area contributed by atoms with Crippen LogP contribution in [0.2, 0.25) is 0 Å². The summed E-state index contributed by atoms with van der Waals surface area (Å²) in [6.07, 6.45) is 3.45. The van der Waals surface area contributed by atoms with Gasteiger partial charge < -0.3 is 9.64 Å². The SMILES string of the molecule is COCC(=O)N1CCCCC(c2ccccc2)C1. The summed E-state index contributed by atoms with van der Waals surface area (Å²) in [5, 5.41) is 0. The van der Waals surface area contributed by atoms with Gasteiger partial charge in [0, 0.05) is 26.1 Å². The van der Waals surface area contributed by atoms with Crippen molar-refractivity contribution in [3.8, 4) is 0 Å². The fraction of sp³-hybridized carbons (Fsp3) is 0.533. The smallest absolute Gasteiger partial charge is 0.248 e. The van der Waals surface area contributed by atoms with Crippen molar-refractivity contribution < 1.29 is 9.53 Å². The normalized spacial score (nSPS) is 20.5. The average molecular weight is 247 g/mol. The fourth-order valence-corrected chi connectivity index (χ4v) is 2.58. The molecule has 0 radical (unpaired) electrons. The van der Waals surface area contributed by atoms with E-state index in [0.717, 1.165) is 19.5 Å². The molecule has 1 fully saturated rings. The van der Waals surface area contributed by atoms with Gasteiger partial charge in [-0.2, -0.15) is 0 Å². The van der Waals surface area contributed by atoms with Gasteiger partial charge in [-0.1, -0.05) is 36.8 Å². The molecule has 18 heavy (non-hydrogen) atoms. The maximum absolute atomic E-state index is 11.9. The minimum Gasteiger partial charge on any atom is -0.375 e. The zero-order valence-corrected chi connectivity index (χ0v) is 11.0. The molecular weight excluding hydrogens is 226 g/mol. The van der Waals surface area contributed by atoms with Crippen molar-refractivity contribution in [2.45, 2.75) is 25.2 Å². The van der Waals surface area contributed by atoms with Gasteiger partial charge in [0.25, 0.3) is 0 Å². The number of carbonyl (C=O) groups excluding carboxylic acids is 1. The Hall–Kier alpha value is -1.35. The number of methoxy groups -OCH3 is 1. The molecule has 1 amide bonds. The number of ether oxygens (including phenoxy) is 1. The van der Waals surface area contributed by atoms with Crippen molar-refractivity contribution in [2.75, 3.05) is 26.8 Å². The molecule has 0 aromatic heterocycles. The Bertz CT molecular complexity index is 377. The zero-order chi connectivity index (χ0) is 12.8. The molecule has 1 aliphatic rings. The molecule has 3 nitrogen and oxygen atoms in total. The standard InChI is InChI=1S/C15H21NO2/c1-18-12-15(17)16-10-6-5-9-14(11-16)13-7-3-2-4-8-13/h2-4,7-8,14H,5-6,9-12H2,1H3. The molecule has 1 aromatic rings. The molecule has 0 spiro atoms. The average Bonchev–Trinajstić information content (AvgIpc) is 2.66. The molecule has 1 atom stereocenters. The summed E-state index contributed by atoms with van der Waals surface area (Å²) in [4.78, 5) is 13.9. The van der Waals surface area contributed by atoms with Crippen LogP contribution in [0.5, 0.6) is 0 Å². The molecule has 98 valence electrons. The van der Waals surface area contributed by atoms with Crippen LogP contribution in [0.3, 0.4) is 0 Å². The molecule has 0 bridgehead atoms. The molecule has 1 unspecified atom stereocenters.